The molecular weight excluding hydrogens is 382 g/mol. The maximum Gasteiger partial charge on any atom is 0.342 e. The number of fused-ring (bicyclic) bond motifs is 1. The molecule has 0 aliphatic heterocycles. The average Bonchev–Trinajstić information content (AvgIpc) is 3.40. The highest BCUT2D eigenvalue weighted by Crippen LogP contribution is 2.20. The number of ether oxygens (including phenoxy) is 1. The summed E-state index contributed by atoms with van der Waals surface area (Å²) in [6.45, 7) is 1.64. The number of carbonyl (C=O) groups excluding carboxylic acids is 1. The van der Waals surface area contributed by atoms with Crippen LogP contribution in [0.4, 0.5) is 5.69 Å². The highest BCUT2D eigenvalue weighted by Gasteiger charge is 2.18. The molecule has 146 valence electrons. The minimum Gasteiger partial charge on any atom is -0.452 e. The van der Waals surface area contributed by atoms with E-state index in [0.29, 0.717) is 23.5 Å². The number of rotatable bonds is 6. The van der Waals surface area contributed by atoms with E-state index >= 15 is 0 Å². The van der Waals surface area contributed by atoms with Gasteiger partial charge in [-0.05, 0) is 18.6 Å². The van der Waals surface area contributed by atoms with Crippen LogP contribution in [0.2, 0.25) is 0 Å². The first-order valence-corrected chi connectivity index (χ1v) is 8.49. The van der Waals surface area contributed by atoms with Crippen LogP contribution in [-0.2, 0) is 17.8 Å². The molecule has 0 saturated carbocycles. The lowest BCUT2D eigenvalue weighted by Crippen LogP contribution is -2.13. The standard InChI is InChI=1S/C17H13N7O5/c1-2-13-12(7-18-17-19-9-20-23(13)17)16(25)28-8-14-21-15(22-29-14)10-3-5-11(6-4-10)24(26)27/h3-7,9H,2,8H2,1H3. The summed E-state index contributed by atoms with van der Waals surface area (Å²) in [5.74, 6) is 0.0929. The highest BCUT2D eigenvalue weighted by molar-refractivity contribution is 5.90. The van der Waals surface area contributed by atoms with Crippen LogP contribution in [0.5, 0.6) is 0 Å². The summed E-state index contributed by atoms with van der Waals surface area (Å²) in [5, 5.41) is 18.6. The van der Waals surface area contributed by atoms with Crippen molar-refractivity contribution < 1.29 is 19.0 Å². The normalized spacial score (nSPS) is 10.9. The Morgan fingerprint density at radius 3 is 2.79 bits per heavy atom. The van der Waals surface area contributed by atoms with Gasteiger partial charge in [0.2, 0.25) is 5.82 Å². The summed E-state index contributed by atoms with van der Waals surface area (Å²) in [7, 11) is 0. The third-order valence-corrected chi connectivity index (χ3v) is 4.09. The van der Waals surface area contributed by atoms with Gasteiger partial charge in [-0.1, -0.05) is 12.1 Å². The van der Waals surface area contributed by atoms with Gasteiger partial charge in [-0.2, -0.15) is 15.1 Å². The van der Waals surface area contributed by atoms with Crippen LogP contribution in [0.1, 0.15) is 28.9 Å². The van der Waals surface area contributed by atoms with Gasteiger partial charge in [-0.15, -0.1) is 0 Å². The Morgan fingerprint density at radius 1 is 1.28 bits per heavy atom. The Hall–Kier alpha value is -4.22. The van der Waals surface area contributed by atoms with E-state index in [9.17, 15) is 14.9 Å². The predicted molar refractivity (Wildman–Crippen MR) is 95.7 cm³/mol. The molecule has 4 aromatic rings. The fourth-order valence-electron chi connectivity index (χ4n) is 2.70. The number of aromatic nitrogens is 6. The molecule has 3 aromatic heterocycles. The topological polar surface area (TPSA) is 151 Å². The number of benzene rings is 1. The lowest BCUT2D eigenvalue weighted by molar-refractivity contribution is -0.384. The molecule has 0 aliphatic carbocycles. The molecule has 29 heavy (non-hydrogen) atoms. The molecule has 0 N–H and O–H groups in total. The second kappa shape index (κ2) is 7.42. The molecule has 0 amide bonds. The lowest BCUT2D eigenvalue weighted by Gasteiger charge is -2.07. The third-order valence-electron chi connectivity index (χ3n) is 4.09. The number of nitrogens with zero attached hydrogens (tertiary/aromatic N) is 7. The van der Waals surface area contributed by atoms with Crippen LogP contribution in [0, 0.1) is 10.1 Å². The summed E-state index contributed by atoms with van der Waals surface area (Å²) in [4.78, 5) is 34.9. The lowest BCUT2D eigenvalue weighted by atomic mass is 10.2. The molecule has 0 saturated heterocycles. The molecule has 0 fully saturated rings. The number of esters is 1. The number of aryl methyl sites for hydroxylation is 1. The van der Waals surface area contributed by atoms with Crippen LogP contribution < -0.4 is 0 Å². The van der Waals surface area contributed by atoms with E-state index in [1.807, 2.05) is 6.92 Å². The molecule has 0 radical (unpaired) electrons. The summed E-state index contributed by atoms with van der Waals surface area (Å²) >= 11 is 0. The first-order valence-electron chi connectivity index (χ1n) is 8.49. The Bertz CT molecular complexity index is 1200. The molecule has 12 nitrogen and oxygen atoms in total. The Labute approximate surface area is 162 Å². The van der Waals surface area contributed by atoms with E-state index in [1.165, 1.54) is 41.3 Å². The van der Waals surface area contributed by atoms with E-state index in [-0.39, 0.29) is 29.6 Å². The molecule has 4 rings (SSSR count). The first kappa shape index (κ1) is 18.2. The molecule has 3 heterocycles. The number of non-ortho nitro benzene ring substituents is 1. The van der Waals surface area contributed by atoms with Gasteiger partial charge >= 0.3 is 5.97 Å². The van der Waals surface area contributed by atoms with Crippen LogP contribution in [-0.4, -0.2) is 40.6 Å². The van der Waals surface area contributed by atoms with Crippen molar-refractivity contribution in [1.29, 1.82) is 0 Å². The van der Waals surface area contributed by atoms with E-state index in [4.69, 9.17) is 9.26 Å². The van der Waals surface area contributed by atoms with Gasteiger partial charge in [0.25, 0.3) is 17.4 Å². The molecule has 0 aliphatic rings. The summed E-state index contributed by atoms with van der Waals surface area (Å²) in [6, 6.07) is 5.69. The molecular formula is C17H13N7O5. The fourth-order valence-corrected chi connectivity index (χ4v) is 2.70. The maximum atomic E-state index is 12.5. The van der Waals surface area contributed by atoms with E-state index in [0.717, 1.165) is 0 Å². The van der Waals surface area contributed by atoms with Gasteiger partial charge in [0.1, 0.15) is 6.33 Å². The van der Waals surface area contributed by atoms with Crippen LogP contribution >= 0.6 is 0 Å². The van der Waals surface area contributed by atoms with Crippen molar-refractivity contribution in [2.24, 2.45) is 0 Å². The SMILES string of the molecule is CCc1c(C(=O)OCc2nc(-c3ccc([N+](=O)[O-])cc3)no2)cnc2ncnn12. The summed E-state index contributed by atoms with van der Waals surface area (Å²) < 4.78 is 11.8. The Balaban J connectivity index is 1.47. The number of hydrogen-bond acceptors (Lipinski definition) is 10. The van der Waals surface area contributed by atoms with Crippen LogP contribution in [0.3, 0.4) is 0 Å². The van der Waals surface area contributed by atoms with Crippen molar-refractivity contribution >= 4 is 17.4 Å². The molecule has 1 aromatic carbocycles. The summed E-state index contributed by atoms with van der Waals surface area (Å²) in [6.07, 6.45) is 3.27. The van der Waals surface area contributed by atoms with E-state index < -0.39 is 10.9 Å². The van der Waals surface area contributed by atoms with Crippen molar-refractivity contribution in [3.8, 4) is 11.4 Å². The molecule has 0 atom stereocenters. The molecule has 0 bridgehead atoms. The minimum absolute atomic E-state index is 0.0453. The van der Waals surface area contributed by atoms with Gasteiger partial charge in [0, 0.05) is 23.9 Å². The Kier molecular flexibility index (Phi) is 4.65. The van der Waals surface area contributed by atoms with Gasteiger partial charge in [-0.3, -0.25) is 10.1 Å². The van der Waals surface area contributed by atoms with Gasteiger partial charge in [0.05, 0.1) is 16.2 Å². The van der Waals surface area contributed by atoms with E-state index in [1.54, 1.807) is 0 Å². The molecule has 12 heteroatoms. The van der Waals surface area contributed by atoms with Crippen LogP contribution in [0.25, 0.3) is 17.2 Å². The minimum atomic E-state index is -0.609. The number of hydrogen-bond donors (Lipinski definition) is 0. The maximum absolute atomic E-state index is 12.5. The average molecular weight is 395 g/mol. The van der Waals surface area contributed by atoms with Gasteiger partial charge in [-0.25, -0.2) is 14.3 Å². The van der Waals surface area contributed by atoms with Crippen molar-refractivity contribution in [2.45, 2.75) is 20.0 Å². The molecule has 0 spiro atoms. The smallest absolute Gasteiger partial charge is 0.342 e. The van der Waals surface area contributed by atoms with Crippen molar-refractivity contribution in [2.75, 3.05) is 0 Å². The summed E-state index contributed by atoms with van der Waals surface area (Å²) in [5.41, 5.74) is 1.37. The number of carbonyl (C=O) groups is 1. The number of nitro benzene ring substituents is 1. The van der Waals surface area contributed by atoms with Gasteiger partial charge < -0.3 is 9.26 Å². The van der Waals surface area contributed by atoms with Crippen molar-refractivity contribution in [3.05, 3.63) is 64.1 Å². The van der Waals surface area contributed by atoms with Crippen molar-refractivity contribution in [1.82, 2.24) is 29.7 Å². The zero-order valence-corrected chi connectivity index (χ0v) is 15.1. The highest BCUT2D eigenvalue weighted by atomic mass is 16.6. The zero-order chi connectivity index (χ0) is 20.4. The van der Waals surface area contributed by atoms with Crippen LogP contribution in [0.15, 0.2) is 41.3 Å². The number of nitro groups is 1. The second-order valence-electron chi connectivity index (χ2n) is 5.84. The third kappa shape index (κ3) is 3.50. The van der Waals surface area contributed by atoms with Gasteiger partial charge in [0.15, 0.2) is 6.61 Å². The van der Waals surface area contributed by atoms with Crippen molar-refractivity contribution in [3.63, 3.8) is 0 Å². The second-order valence-corrected chi connectivity index (χ2v) is 5.84. The quantitative estimate of drug-likeness (QED) is 0.269. The van der Waals surface area contributed by atoms with E-state index in [2.05, 4.69) is 25.2 Å². The Morgan fingerprint density at radius 2 is 2.07 bits per heavy atom. The molecule has 0 unspecified atom stereocenters. The zero-order valence-electron chi connectivity index (χ0n) is 15.1. The largest absolute Gasteiger partial charge is 0.452 e. The predicted octanol–water partition coefficient (Wildman–Crippen LogP) is 2.00. The first-order chi connectivity index (χ1) is 14.1. The fraction of sp³-hybridized carbons (Fsp3) is 0.176. The monoisotopic (exact) mass is 395 g/mol.